The first-order valence-corrected chi connectivity index (χ1v) is 22.3. The van der Waals surface area contributed by atoms with Gasteiger partial charge < -0.3 is 20.9 Å². The largest absolute Gasteiger partial charge is 0.406 e. The lowest BCUT2D eigenvalue weighted by atomic mass is 10.0. The summed E-state index contributed by atoms with van der Waals surface area (Å²) < 4.78 is 70.2. The van der Waals surface area contributed by atoms with Crippen LogP contribution in [0.4, 0.5) is 32.4 Å². The van der Waals surface area contributed by atoms with E-state index in [0.29, 0.717) is 45.3 Å². The summed E-state index contributed by atoms with van der Waals surface area (Å²) in [6.07, 6.45) is 0.761. The molecule has 1 unspecified atom stereocenters. The van der Waals surface area contributed by atoms with E-state index in [-0.39, 0.29) is 60.4 Å². The van der Waals surface area contributed by atoms with Gasteiger partial charge in [0.05, 0.1) is 23.4 Å². The number of nitrogens with zero attached hydrogens (tertiary/aromatic N) is 5. The van der Waals surface area contributed by atoms with Crippen LogP contribution < -0.4 is 21.3 Å². The van der Waals surface area contributed by atoms with E-state index in [1.807, 2.05) is 0 Å². The third kappa shape index (κ3) is 12.1. The van der Waals surface area contributed by atoms with Gasteiger partial charge in [-0.05, 0) is 71.8 Å². The second kappa shape index (κ2) is 21.6. The minimum Gasteiger partial charge on any atom is -0.384 e. The number of hydrogen-bond donors (Lipinski definition) is 4. The van der Waals surface area contributed by atoms with E-state index < -0.39 is 85.5 Å². The average Bonchev–Trinajstić information content (AvgIpc) is 3.97. The van der Waals surface area contributed by atoms with Crippen molar-refractivity contribution in [2.24, 2.45) is 0 Å². The highest BCUT2D eigenvalue weighted by Gasteiger charge is 2.45. The Labute approximate surface area is 391 Å². The fourth-order valence-electron chi connectivity index (χ4n) is 8.53. The van der Waals surface area contributed by atoms with Crippen molar-refractivity contribution in [2.45, 2.75) is 88.9 Å². The summed E-state index contributed by atoms with van der Waals surface area (Å²) in [6, 6.07) is 11.1. The van der Waals surface area contributed by atoms with Crippen LogP contribution in [-0.2, 0) is 37.1 Å². The summed E-state index contributed by atoms with van der Waals surface area (Å²) in [4.78, 5) is 103. The molecular weight excluding hydrogens is 914 g/mol. The zero-order valence-corrected chi connectivity index (χ0v) is 37.0. The topological polar surface area (TPSA) is 212 Å². The summed E-state index contributed by atoms with van der Waals surface area (Å²) >= 11 is 0. The molecule has 3 heterocycles. The highest BCUT2D eigenvalue weighted by atomic mass is 19.4. The zero-order valence-electron chi connectivity index (χ0n) is 37.0. The van der Waals surface area contributed by atoms with Gasteiger partial charge in [0.1, 0.15) is 37.7 Å². The van der Waals surface area contributed by atoms with Gasteiger partial charge >= 0.3 is 12.2 Å². The average molecular weight is 962 g/mol. The molecule has 364 valence electrons. The predicted octanol–water partition coefficient (Wildman–Crippen LogP) is 5.48. The van der Waals surface area contributed by atoms with Gasteiger partial charge in [0.2, 0.25) is 30.0 Å². The maximum absolute atomic E-state index is 15.4. The molecule has 3 atom stereocenters. The smallest absolute Gasteiger partial charge is 0.384 e. The van der Waals surface area contributed by atoms with Crippen LogP contribution in [0.1, 0.15) is 101 Å². The molecule has 7 rings (SSSR count). The number of fused-ring (bicyclic) bond motifs is 2. The molecule has 0 bridgehead atoms. The number of imide groups is 3. The number of anilines is 1. The first-order valence-electron chi connectivity index (χ1n) is 22.3. The lowest BCUT2D eigenvalue weighted by Gasteiger charge is -2.27. The molecular formula is C47H48F5N9O8. The SMILES string of the molecule is O=CN(CC(=O)N(Cc1ccc(F)cc1)CC(F)(F)F)C(=O)N[C@H]1C[C@@H](F)c2cc(-c3cnn(CC(=O)NCCCCCCCNc4cccc5c4C(=O)N(C4CCC(=O)NC4=O)C5=O)c3)ccc21. The number of unbranched alkanes of at least 4 members (excludes halogenated alkanes) is 4. The third-order valence-electron chi connectivity index (χ3n) is 12.0. The van der Waals surface area contributed by atoms with Gasteiger partial charge in [-0.25, -0.2) is 13.6 Å². The van der Waals surface area contributed by atoms with Crippen molar-refractivity contribution in [3.63, 3.8) is 0 Å². The maximum Gasteiger partial charge on any atom is 0.406 e. The van der Waals surface area contributed by atoms with Crippen LogP contribution in [0.3, 0.4) is 0 Å². The van der Waals surface area contributed by atoms with Crippen molar-refractivity contribution < 1.29 is 60.3 Å². The number of carbonyl (C=O) groups is 8. The number of benzene rings is 3. The summed E-state index contributed by atoms with van der Waals surface area (Å²) in [5.41, 5.74) is 2.89. The number of rotatable bonds is 20. The Hall–Kier alpha value is -7.52. The van der Waals surface area contributed by atoms with Crippen LogP contribution in [0.25, 0.3) is 11.1 Å². The highest BCUT2D eigenvalue weighted by molar-refractivity contribution is 6.25. The van der Waals surface area contributed by atoms with Crippen LogP contribution in [-0.4, -0.2) is 111 Å². The standard InChI is InChI=1S/C47H48F5N9O8/c48-31-12-9-28(10-13-31)22-58(26-47(50,51)52)41(65)25-59(27-62)46(69)56-37-20-35(49)34-19-29(11-14-32(34)37)30-21-55-60(23-30)24-40(64)54-18-5-3-1-2-4-17-53-36-8-6-7-33-42(36)45(68)61(44(33)67)38-15-16-39(63)57-43(38)66/h6-14,19,21,23,27,35,37-38,53H,1-5,15-18,20,22,24-26H2,(H,54,64)(H,56,69)(H,57,63,66)/t35-,37+,38?/m1/s1. The molecule has 1 aromatic heterocycles. The van der Waals surface area contributed by atoms with Gasteiger partial charge in [-0.15, -0.1) is 0 Å². The monoisotopic (exact) mass is 961 g/mol. The summed E-state index contributed by atoms with van der Waals surface area (Å²) in [7, 11) is 0. The van der Waals surface area contributed by atoms with Crippen molar-refractivity contribution in [1.29, 1.82) is 0 Å². The van der Waals surface area contributed by atoms with Crippen molar-refractivity contribution in [3.8, 4) is 11.1 Å². The van der Waals surface area contributed by atoms with Crippen LogP contribution in [0.15, 0.2) is 73.1 Å². The molecule has 9 amide bonds. The molecule has 0 saturated carbocycles. The molecule has 1 aliphatic carbocycles. The Morgan fingerprint density at radius 2 is 1.64 bits per heavy atom. The first kappa shape index (κ1) is 49.4. The zero-order chi connectivity index (χ0) is 49.4. The molecule has 22 heteroatoms. The molecule has 1 fully saturated rings. The van der Waals surface area contributed by atoms with Crippen molar-refractivity contribution >= 4 is 53.6 Å². The van der Waals surface area contributed by atoms with E-state index in [2.05, 4.69) is 26.4 Å². The van der Waals surface area contributed by atoms with E-state index in [9.17, 15) is 55.9 Å². The van der Waals surface area contributed by atoms with Gasteiger partial charge in [0.15, 0.2) is 0 Å². The summed E-state index contributed by atoms with van der Waals surface area (Å²) in [6.45, 7) is -2.40. The molecule has 1 saturated heterocycles. The van der Waals surface area contributed by atoms with E-state index >= 15 is 4.39 Å². The quantitative estimate of drug-likeness (QED) is 0.0379. The molecule has 3 aromatic carbocycles. The number of hydrogen-bond acceptors (Lipinski definition) is 10. The van der Waals surface area contributed by atoms with E-state index in [1.54, 1.807) is 42.6 Å². The van der Waals surface area contributed by atoms with E-state index in [1.165, 1.54) is 23.0 Å². The van der Waals surface area contributed by atoms with Crippen LogP contribution in [0.5, 0.6) is 0 Å². The van der Waals surface area contributed by atoms with E-state index in [4.69, 9.17) is 0 Å². The Bertz CT molecular complexity index is 2620. The van der Waals surface area contributed by atoms with Gasteiger partial charge in [0.25, 0.3) is 11.8 Å². The molecule has 0 radical (unpaired) electrons. The Balaban J connectivity index is 0.817. The lowest BCUT2D eigenvalue weighted by Crippen LogP contribution is -2.54. The number of urea groups is 1. The predicted molar refractivity (Wildman–Crippen MR) is 236 cm³/mol. The Kier molecular flexibility index (Phi) is 15.5. The Morgan fingerprint density at radius 1 is 0.899 bits per heavy atom. The van der Waals surface area contributed by atoms with Crippen molar-refractivity contribution in [1.82, 2.24) is 40.4 Å². The fraction of sp³-hybridized carbons (Fsp3) is 0.383. The Morgan fingerprint density at radius 3 is 2.36 bits per heavy atom. The number of nitrogens with one attached hydrogen (secondary N) is 4. The highest BCUT2D eigenvalue weighted by Crippen LogP contribution is 2.43. The van der Waals surface area contributed by atoms with Crippen LogP contribution in [0, 0.1) is 5.82 Å². The molecule has 4 aromatic rings. The fourth-order valence-corrected chi connectivity index (χ4v) is 8.53. The second-order valence-electron chi connectivity index (χ2n) is 16.9. The minimum atomic E-state index is -4.81. The normalized spacial score (nSPS) is 17.5. The van der Waals surface area contributed by atoms with Gasteiger partial charge in [-0.3, -0.25) is 53.4 Å². The molecule has 4 N–H and O–H groups in total. The first-order chi connectivity index (χ1) is 33.0. The number of amides is 9. The third-order valence-corrected chi connectivity index (χ3v) is 12.0. The summed E-state index contributed by atoms with van der Waals surface area (Å²) in [5.74, 6) is -4.36. The van der Waals surface area contributed by atoms with Gasteiger partial charge in [0, 0.05) is 49.9 Å². The second-order valence-corrected chi connectivity index (χ2v) is 16.9. The van der Waals surface area contributed by atoms with Gasteiger partial charge in [-0.2, -0.15) is 18.3 Å². The molecule has 0 spiro atoms. The van der Waals surface area contributed by atoms with Crippen molar-refractivity contribution in [2.75, 3.05) is 31.5 Å². The number of halogens is 5. The maximum atomic E-state index is 15.4. The minimum absolute atomic E-state index is 0.0106. The van der Waals surface area contributed by atoms with Crippen molar-refractivity contribution in [3.05, 3.63) is 107 Å². The number of alkyl halides is 4. The molecule has 69 heavy (non-hydrogen) atoms. The number of carbonyl (C=O) groups excluding carboxylic acids is 8. The molecule has 17 nitrogen and oxygen atoms in total. The molecule has 3 aliphatic rings. The number of aromatic nitrogens is 2. The van der Waals surface area contributed by atoms with Crippen LogP contribution in [0.2, 0.25) is 0 Å². The summed E-state index contributed by atoms with van der Waals surface area (Å²) in [5, 5.41) is 15.1. The van der Waals surface area contributed by atoms with Crippen LogP contribution >= 0.6 is 0 Å². The van der Waals surface area contributed by atoms with Gasteiger partial charge in [-0.1, -0.05) is 49.6 Å². The molecule has 2 aliphatic heterocycles. The lowest BCUT2D eigenvalue weighted by molar-refractivity contribution is -0.162. The van der Waals surface area contributed by atoms with E-state index in [0.717, 1.165) is 49.1 Å². The number of piperidine rings is 1.